The maximum absolute atomic E-state index is 11.4. The molecule has 0 unspecified atom stereocenters. The number of hydrogen-bond donors (Lipinski definition) is 3. The predicted octanol–water partition coefficient (Wildman–Crippen LogP) is 3.64. The van der Waals surface area contributed by atoms with Crippen molar-refractivity contribution >= 4 is 11.8 Å². The second kappa shape index (κ2) is 8.08. The zero-order chi connectivity index (χ0) is 16.7. The first kappa shape index (κ1) is 16.7. The van der Waals surface area contributed by atoms with Crippen molar-refractivity contribution in [3.8, 4) is 5.75 Å². The van der Waals surface area contributed by atoms with Crippen LogP contribution in [0.2, 0.25) is 0 Å². The van der Waals surface area contributed by atoms with Crippen LogP contribution in [0.1, 0.15) is 25.0 Å². The summed E-state index contributed by atoms with van der Waals surface area (Å²) in [5, 5.41) is 15.4. The second-order valence-electron chi connectivity index (χ2n) is 5.53. The number of phenolic OH excluding ortho intramolecular Hbond substituents is 1. The third-order valence-corrected chi connectivity index (χ3v) is 3.14. The Morgan fingerprint density at radius 2 is 1.83 bits per heavy atom. The number of phenols is 1. The van der Waals surface area contributed by atoms with Gasteiger partial charge in [0.25, 0.3) is 0 Å². The molecule has 0 aliphatic carbocycles. The lowest BCUT2D eigenvalue weighted by molar-refractivity contribution is 0.115. The molecule has 0 aliphatic heterocycles. The molecule has 2 aromatic carbocycles. The van der Waals surface area contributed by atoms with E-state index in [0.29, 0.717) is 13.1 Å². The van der Waals surface area contributed by atoms with E-state index in [9.17, 15) is 9.90 Å². The number of carbonyl (C=O) groups is 1. The van der Waals surface area contributed by atoms with E-state index in [4.69, 9.17) is 4.74 Å². The number of aromatic hydroxyl groups is 1. The summed E-state index contributed by atoms with van der Waals surface area (Å²) in [4.78, 5) is 11.4. The lowest BCUT2D eigenvalue weighted by Crippen LogP contribution is -2.26. The van der Waals surface area contributed by atoms with E-state index in [1.807, 2.05) is 50.2 Å². The van der Waals surface area contributed by atoms with Gasteiger partial charge in [0.1, 0.15) is 5.75 Å². The van der Waals surface area contributed by atoms with Crippen LogP contribution in [0, 0.1) is 0 Å². The van der Waals surface area contributed by atoms with Crippen LogP contribution < -0.4 is 10.6 Å². The first-order chi connectivity index (χ1) is 11.0. The molecule has 2 aromatic rings. The van der Waals surface area contributed by atoms with Crippen molar-refractivity contribution in [2.45, 2.75) is 33.0 Å². The zero-order valence-electron chi connectivity index (χ0n) is 13.4. The molecular weight excluding hydrogens is 292 g/mol. The number of alkyl carbamates (subject to hydrolysis) is 1. The number of nitrogens with one attached hydrogen (secondary N) is 2. The van der Waals surface area contributed by atoms with Gasteiger partial charge in [0, 0.05) is 18.8 Å². The van der Waals surface area contributed by atoms with Crippen LogP contribution in [0.25, 0.3) is 0 Å². The number of rotatable bonds is 6. The minimum Gasteiger partial charge on any atom is -0.508 e. The fourth-order valence-electron chi connectivity index (χ4n) is 2.04. The van der Waals surface area contributed by atoms with Crippen LogP contribution in [0.15, 0.2) is 48.5 Å². The van der Waals surface area contributed by atoms with Crippen LogP contribution in [0.4, 0.5) is 10.5 Å². The summed E-state index contributed by atoms with van der Waals surface area (Å²) >= 11 is 0. The highest BCUT2D eigenvalue weighted by Crippen LogP contribution is 2.14. The van der Waals surface area contributed by atoms with Crippen molar-refractivity contribution < 1.29 is 14.6 Å². The highest BCUT2D eigenvalue weighted by Gasteiger charge is 2.04. The van der Waals surface area contributed by atoms with Crippen molar-refractivity contribution in [1.29, 1.82) is 0 Å². The van der Waals surface area contributed by atoms with Crippen molar-refractivity contribution in [1.82, 2.24) is 5.32 Å². The van der Waals surface area contributed by atoms with Gasteiger partial charge in [-0.25, -0.2) is 4.79 Å². The number of anilines is 1. The molecule has 0 saturated carbocycles. The summed E-state index contributed by atoms with van der Waals surface area (Å²) in [6.07, 6.45) is -0.537. The summed E-state index contributed by atoms with van der Waals surface area (Å²) < 4.78 is 5.01. The molecule has 0 spiro atoms. The third kappa shape index (κ3) is 5.90. The molecular formula is C18H22N2O3. The number of hydrogen-bond acceptors (Lipinski definition) is 4. The van der Waals surface area contributed by atoms with Gasteiger partial charge in [-0.1, -0.05) is 24.3 Å². The standard InChI is InChI=1S/C18H22N2O3/c1-13(2)23-18(22)20-11-14-6-8-16(9-7-14)19-12-15-4-3-5-17(21)10-15/h3-10,13,19,21H,11-12H2,1-2H3,(H,20,22). The number of carbonyl (C=O) groups excluding carboxylic acids is 1. The number of benzene rings is 2. The molecule has 0 radical (unpaired) electrons. The fraction of sp³-hybridized carbons (Fsp3) is 0.278. The van der Waals surface area contributed by atoms with Crippen molar-refractivity contribution in [2.24, 2.45) is 0 Å². The Morgan fingerprint density at radius 3 is 2.48 bits per heavy atom. The Hall–Kier alpha value is -2.69. The van der Waals surface area contributed by atoms with E-state index >= 15 is 0 Å². The van der Waals surface area contributed by atoms with E-state index < -0.39 is 6.09 Å². The Bertz CT molecular complexity index is 639. The SMILES string of the molecule is CC(C)OC(=O)NCc1ccc(NCc2cccc(O)c2)cc1. The van der Waals surface area contributed by atoms with Crippen LogP contribution in [-0.4, -0.2) is 17.3 Å². The smallest absolute Gasteiger partial charge is 0.407 e. The minimum absolute atomic E-state index is 0.126. The van der Waals surface area contributed by atoms with Gasteiger partial charge in [-0.3, -0.25) is 0 Å². The average Bonchev–Trinajstić information content (AvgIpc) is 2.51. The molecule has 0 atom stereocenters. The Morgan fingerprint density at radius 1 is 1.09 bits per heavy atom. The van der Waals surface area contributed by atoms with Gasteiger partial charge in [-0.2, -0.15) is 0 Å². The largest absolute Gasteiger partial charge is 0.508 e. The van der Waals surface area contributed by atoms with Gasteiger partial charge in [0.05, 0.1) is 6.10 Å². The first-order valence-electron chi connectivity index (χ1n) is 7.58. The van der Waals surface area contributed by atoms with Crippen LogP contribution in [-0.2, 0) is 17.8 Å². The van der Waals surface area contributed by atoms with Gasteiger partial charge in [-0.05, 0) is 49.2 Å². The topological polar surface area (TPSA) is 70.6 Å². The molecule has 0 heterocycles. The van der Waals surface area contributed by atoms with Gasteiger partial charge in [0.15, 0.2) is 0 Å². The molecule has 0 aromatic heterocycles. The summed E-state index contributed by atoms with van der Waals surface area (Å²) in [6.45, 7) is 4.68. The lowest BCUT2D eigenvalue weighted by Gasteiger charge is -2.10. The van der Waals surface area contributed by atoms with Gasteiger partial charge >= 0.3 is 6.09 Å². The Balaban J connectivity index is 1.81. The monoisotopic (exact) mass is 314 g/mol. The van der Waals surface area contributed by atoms with E-state index in [2.05, 4.69) is 10.6 Å². The van der Waals surface area contributed by atoms with E-state index in [0.717, 1.165) is 16.8 Å². The molecule has 122 valence electrons. The maximum atomic E-state index is 11.4. The summed E-state index contributed by atoms with van der Waals surface area (Å²) in [5.74, 6) is 0.263. The lowest BCUT2D eigenvalue weighted by atomic mass is 10.2. The highest BCUT2D eigenvalue weighted by molar-refractivity contribution is 5.67. The van der Waals surface area contributed by atoms with E-state index in [1.54, 1.807) is 12.1 Å². The Kier molecular flexibility index (Phi) is 5.86. The van der Waals surface area contributed by atoms with Crippen LogP contribution >= 0.6 is 0 Å². The predicted molar refractivity (Wildman–Crippen MR) is 90.3 cm³/mol. The summed E-state index contributed by atoms with van der Waals surface area (Å²) in [6, 6.07) is 14.9. The number of ether oxygens (including phenoxy) is 1. The van der Waals surface area contributed by atoms with Crippen molar-refractivity contribution in [3.05, 3.63) is 59.7 Å². The van der Waals surface area contributed by atoms with Crippen LogP contribution in [0.5, 0.6) is 5.75 Å². The highest BCUT2D eigenvalue weighted by atomic mass is 16.6. The summed E-state index contributed by atoms with van der Waals surface area (Å²) in [5.41, 5.74) is 2.97. The maximum Gasteiger partial charge on any atom is 0.407 e. The van der Waals surface area contributed by atoms with Gasteiger partial charge in [-0.15, -0.1) is 0 Å². The molecule has 5 heteroatoms. The van der Waals surface area contributed by atoms with Crippen molar-refractivity contribution in [2.75, 3.05) is 5.32 Å². The molecule has 5 nitrogen and oxygen atoms in total. The normalized spacial score (nSPS) is 10.4. The molecule has 23 heavy (non-hydrogen) atoms. The summed E-state index contributed by atoms with van der Waals surface area (Å²) in [7, 11) is 0. The molecule has 0 bridgehead atoms. The van der Waals surface area contributed by atoms with Gasteiger partial charge < -0.3 is 20.5 Å². The molecule has 1 amide bonds. The average molecular weight is 314 g/mol. The first-order valence-corrected chi connectivity index (χ1v) is 7.58. The molecule has 0 aliphatic rings. The molecule has 3 N–H and O–H groups in total. The molecule has 0 fully saturated rings. The fourth-order valence-corrected chi connectivity index (χ4v) is 2.04. The molecule has 2 rings (SSSR count). The quantitative estimate of drug-likeness (QED) is 0.761. The van der Waals surface area contributed by atoms with E-state index in [-0.39, 0.29) is 11.9 Å². The zero-order valence-corrected chi connectivity index (χ0v) is 13.4. The minimum atomic E-state index is -0.411. The second-order valence-corrected chi connectivity index (χ2v) is 5.53. The van der Waals surface area contributed by atoms with E-state index in [1.165, 1.54) is 0 Å². The van der Waals surface area contributed by atoms with Crippen LogP contribution in [0.3, 0.4) is 0 Å². The Labute approximate surface area is 136 Å². The number of amides is 1. The van der Waals surface area contributed by atoms with Gasteiger partial charge in [0.2, 0.25) is 0 Å². The molecule has 0 saturated heterocycles. The van der Waals surface area contributed by atoms with Crippen molar-refractivity contribution in [3.63, 3.8) is 0 Å². The third-order valence-electron chi connectivity index (χ3n) is 3.14.